The van der Waals surface area contributed by atoms with Crippen molar-refractivity contribution >= 4 is 0 Å². The monoisotopic (exact) mass is 275 g/mol. The molecule has 1 aromatic rings. The lowest BCUT2D eigenvalue weighted by atomic mass is 9.61. The molecule has 20 heavy (non-hydrogen) atoms. The highest BCUT2D eigenvalue weighted by Gasteiger charge is 2.50. The summed E-state index contributed by atoms with van der Waals surface area (Å²) in [5.74, 6) is 0. The van der Waals surface area contributed by atoms with E-state index in [0.29, 0.717) is 17.6 Å². The summed E-state index contributed by atoms with van der Waals surface area (Å²) in [6, 6.07) is 9.41. The summed E-state index contributed by atoms with van der Waals surface area (Å²) in [6.07, 6.45) is 3.89. The number of benzene rings is 1. The molecule has 1 aliphatic rings. The highest BCUT2D eigenvalue weighted by Crippen LogP contribution is 2.45. The molecule has 0 heterocycles. The SMILES string of the molecule is CCOC1CC(NCCc2cccc(C)c2)C1(C)CC. The van der Waals surface area contributed by atoms with Gasteiger partial charge in [0.2, 0.25) is 0 Å². The summed E-state index contributed by atoms with van der Waals surface area (Å²) in [6.45, 7) is 10.8. The van der Waals surface area contributed by atoms with E-state index in [1.54, 1.807) is 0 Å². The summed E-state index contributed by atoms with van der Waals surface area (Å²) in [5, 5.41) is 3.74. The molecule has 2 heteroatoms. The Morgan fingerprint density at radius 1 is 1.35 bits per heavy atom. The summed E-state index contributed by atoms with van der Waals surface area (Å²) in [4.78, 5) is 0. The molecule has 0 amide bonds. The minimum Gasteiger partial charge on any atom is -0.378 e. The first-order valence-electron chi connectivity index (χ1n) is 8.00. The van der Waals surface area contributed by atoms with Crippen LogP contribution in [0.4, 0.5) is 0 Å². The van der Waals surface area contributed by atoms with Crippen LogP contribution in [0, 0.1) is 12.3 Å². The molecule has 3 atom stereocenters. The van der Waals surface area contributed by atoms with Gasteiger partial charge in [0.15, 0.2) is 0 Å². The van der Waals surface area contributed by atoms with Crippen molar-refractivity contribution in [3.63, 3.8) is 0 Å². The lowest BCUT2D eigenvalue weighted by molar-refractivity contribution is -0.125. The largest absolute Gasteiger partial charge is 0.378 e. The smallest absolute Gasteiger partial charge is 0.0658 e. The Bertz CT molecular complexity index is 431. The normalized spacial score (nSPS) is 29.2. The maximum atomic E-state index is 5.85. The Morgan fingerprint density at radius 2 is 2.15 bits per heavy atom. The number of rotatable bonds is 7. The van der Waals surface area contributed by atoms with E-state index in [-0.39, 0.29) is 0 Å². The molecule has 2 nitrogen and oxygen atoms in total. The van der Waals surface area contributed by atoms with Crippen LogP contribution in [-0.2, 0) is 11.2 Å². The second-order valence-corrected chi connectivity index (χ2v) is 6.28. The first kappa shape index (κ1) is 15.5. The molecule has 1 fully saturated rings. The Morgan fingerprint density at radius 3 is 2.80 bits per heavy atom. The highest BCUT2D eigenvalue weighted by molar-refractivity contribution is 5.22. The van der Waals surface area contributed by atoms with Gasteiger partial charge >= 0.3 is 0 Å². The van der Waals surface area contributed by atoms with E-state index >= 15 is 0 Å². The van der Waals surface area contributed by atoms with Crippen LogP contribution in [-0.4, -0.2) is 25.3 Å². The fourth-order valence-electron chi connectivity index (χ4n) is 3.32. The Balaban J connectivity index is 1.80. The van der Waals surface area contributed by atoms with Gasteiger partial charge in [0, 0.05) is 18.1 Å². The van der Waals surface area contributed by atoms with Gasteiger partial charge in [0.25, 0.3) is 0 Å². The second-order valence-electron chi connectivity index (χ2n) is 6.28. The Hall–Kier alpha value is -0.860. The molecule has 0 aliphatic heterocycles. The molecule has 0 spiro atoms. The van der Waals surface area contributed by atoms with E-state index in [0.717, 1.165) is 26.0 Å². The van der Waals surface area contributed by atoms with E-state index in [1.165, 1.54) is 17.5 Å². The van der Waals surface area contributed by atoms with Crippen LogP contribution in [0.3, 0.4) is 0 Å². The standard InChI is InChI=1S/C18H29NO/c1-5-18(4)16(13-17(18)20-6-2)19-11-10-15-9-7-8-14(3)12-15/h7-9,12,16-17,19H,5-6,10-11,13H2,1-4H3. The zero-order valence-corrected chi connectivity index (χ0v) is 13.4. The predicted molar refractivity (Wildman–Crippen MR) is 85.1 cm³/mol. The summed E-state index contributed by atoms with van der Waals surface area (Å²) >= 11 is 0. The average Bonchev–Trinajstić information content (AvgIpc) is 2.44. The first-order chi connectivity index (χ1) is 9.60. The minimum atomic E-state index is 0.308. The van der Waals surface area contributed by atoms with Crippen molar-refractivity contribution in [1.82, 2.24) is 5.32 Å². The quantitative estimate of drug-likeness (QED) is 0.819. The highest BCUT2D eigenvalue weighted by atomic mass is 16.5. The maximum Gasteiger partial charge on any atom is 0.0658 e. The van der Waals surface area contributed by atoms with E-state index in [4.69, 9.17) is 4.74 Å². The molecule has 0 radical (unpaired) electrons. The van der Waals surface area contributed by atoms with Gasteiger partial charge in [0.05, 0.1) is 6.10 Å². The van der Waals surface area contributed by atoms with Crippen molar-refractivity contribution in [2.45, 2.75) is 59.1 Å². The number of aryl methyl sites for hydroxylation is 1. The van der Waals surface area contributed by atoms with Gasteiger partial charge in [-0.15, -0.1) is 0 Å². The van der Waals surface area contributed by atoms with Crippen LogP contribution in [0.15, 0.2) is 24.3 Å². The molecular formula is C18H29NO. The molecule has 112 valence electrons. The van der Waals surface area contributed by atoms with Gasteiger partial charge in [0.1, 0.15) is 0 Å². The topological polar surface area (TPSA) is 21.3 Å². The third kappa shape index (κ3) is 3.24. The molecule has 0 bridgehead atoms. The van der Waals surface area contributed by atoms with E-state index < -0.39 is 0 Å². The fraction of sp³-hybridized carbons (Fsp3) is 0.667. The molecule has 2 rings (SSSR count). The van der Waals surface area contributed by atoms with Crippen molar-refractivity contribution in [1.29, 1.82) is 0 Å². The first-order valence-corrected chi connectivity index (χ1v) is 8.00. The Kier molecular flexibility index (Phi) is 5.22. The van der Waals surface area contributed by atoms with Crippen LogP contribution in [0.25, 0.3) is 0 Å². The van der Waals surface area contributed by atoms with Gasteiger partial charge in [-0.25, -0.2) is 0 Å². The van der Waals surface area contributed by atoms with Crippen LogP contribution in [0.1, 0.15) is 44.7 Å². The third-order valence-electron chi connectivity index (χ3n) is 5.00. The average molecular weight is 275 g/mol. The molecular weight excluding hydrogens is 246 g/mol. The van der Waals surface area contributed by atoms with Crippen LogP contribution < -0.4 is 5.32 Å². The zero-order chi connectivity index (χ0) is 14.6. The number of nitrogens with one attached hydrogen (secondary N) is 1. The number of hydrogen-bond donors (Lipinski definition) is 1. The van der Waals surface area contributed by atoms with E-state index in [9.17, 15) is 0 Å². The molecule has 0 aromatic heterocycles. The molecule has 1 N–H and O–H groups in total. The van der Waals surface area contributed by atoms with Gasteiger partial charge in [-0.3, -0.25) is 0 Å². The van der Waals surface area contributed by atoms with Gasteiger partial charge in [-0.1, -0.05) is 43.7 Å². The van der Waals surface area contributed by atoms with Gasteiger partial charge in [-0.05, 0) is 45.2 Å². The van der Waals surface area contributed by atoms with Crippen molar-refractivity contribution in [2.75, 3.05) is 13.2 Å². The number of ether oxygens (including phenoxy) is 1. The molecule has 0 saturated heterocycles. The van der Waals surface area contributed by atoms with Crippen molar-refractivity contribution in [2.24, 2.45) is 5.41 Å². The van der Waals surface area contributed by atoms with E-state index in [2.05, 4.69) is 57.3 Å². The van der Waals surface area contributed by atoms with Crippen molar-refractivity contribution in [3.05, 3.63) is 35.4 Å². The van der Waals surface area contributed by atoms with Gasteiger partial charge < -0.3 is 10.1 Å². The lowest BCUT2D eigenvalue weighted by Crippen LogP contribution is -2.62. The Labute approximate surface area is 123 Å². The molecule has 1 aliphatic carbocycles. The lowest BCUT2D eigenvalue weighted by Gasteiger charge is -2.53. The molecule has 3 unspecified atom stereocenters. The number of hydrogen-bond acceptors (Lipinski definition) is 2. The minimum absolute atomic E-state index is 0.308. The second kappa shape index (κ2) is 6.73. The van der Waals surface area contributed by atoms with Crippen molar-refractivity contribution in [3.8, 4) is 0 Å². The fourth-order valence-corrected chi connectivity index (χ4v) is 3.32. The summed E-state index contributed by atoms with van der Waals surface area (Å²) in [7, 11) is 0. The van der Waals surface area contributed by atoms with E-state index in [1.807, 2.05) is 0 Å². The zero-order valence-electron chi connectivity index (χ0n) is 13.4. The summed E-state index contributed by atoms with van der Waals surface area (Å²) < 4.78 is 5.85. The van der Waals surface area contributed by atoms with Crippen LogP contribution in [0.5, 0.6) is 0 Å². The van der Waals surface area contributed by atoms with Crippen LogP contribution >= 0.6 is 0 Å². The maximum absolute atomic E-state index is 5.85. The van der Waals surface area contributed by atoms with Crippen molar-refractivity contribution < 1.29 is 4.74 Å². The predicted octanol–water partition coefficient (Wildman–Crippen LogP) is 3.72. The molecule has 1 saturated carbocycles. The van der Waals surface area contributed by atoms with Gasteiger partial charge in [-0.2, -0.15) is 0 Å². The summed E-state index contributed by atoms with van der Waals surface area (Å²) in [5.41, 5.74) is 3.08. The molecule has 1 aromatic carbocycles. The third-order valence-corrected chi connectivity index (χ3v) is 5.00. The van der Waals surface area contributed by atoms with Crippen LogP contribution in [0.2, 0.25) is 0 Å².